The van der Waals surface area contributed by atoms with Crippen LogP contribution >= 0.6 is 28.3 Å². The summed E-state index contributed by atoms with van der Waals surface area (Å²) in [6.45, 7) is -0.462. The molecule has 1 nitrogen and oxygen atoms in total. The summed E-state index contributed by atoms with van der Waals surface area (Å²) >= 11 is 3.04. The molecule has 0 aliphatic rings. The number of hydrogen-bond acceptors (Lipinski definition) is 1. The molecule has 5 heteroatoms. The van der Waals surface area contributed by atoms with Gasteiger partial charge < -0.3 is 5.73 Å². The number of hydrogen-bond donors (Lipinski definition) is 1. The third kappa shape index (κ3) is 3.52. The van der Waals surface area contributed by atoms with Crippen molar-refractivity contribution in [2.75, 3.05) is 6.67 Å². The normalized spacial score (nSPS) is 12.0. The second-order valence-corrected chi connectivity index (χ2v) is 3.61. The van der Waals surface area contributed by atoms with Crippen LogP contribution in [0.3, 0.4) is 0 Å². The Labute approximate surface area is 96.2 Å². The molecule has 0 fully saturated rings. The number of halogens is 4. The fourth-order valence-electron chi connectivity index (χ4n) is 1.03. The van der Waals surface area contributed by atoms with Crippen molar-refractivity contribution in [2.45, 2.75) is 12.5 Å². The van der Waals surface area contributed by atoms with Gasteiger partial charge in [0.1, 0.15) is 5.82 Å². The van der Waals surface area contributed by atoms with Gasteiger partial charge in [0.05, 0.1) is 11.1 Å². The van der Waals surface area contributed by atoms with E-state index in [9.17, 15) is 8.78 Å². The monoisotopic (exact) mass is 285 g/mol. The van der Waals surface area contributed by atoms with Crippen LogP contribution in [-0.4, -0.2) is 6.67 Å². The lowest BCUT2D eigenvalue weighted by molar-refractivity contribution is 0.441. The minimum atomic E-state index is -0.462. The molecule has 0 saturated heterocycles. The van der Waals surface area contributed by atoms with Crippen molar-refractivity contribution in [1.82, 2.24) is 0 Å². The summed E-state index contributed by atoms with van der Waals surface area (Å²) < 4.78 is 25.1. The Morgan fingerprint density at radius 3 is 2.57 bits per heavy atom. The summed E-state index contributed by atoms with van der Waals surface area (Å²) in [5.41, 5.74) is 6.38. The van der Waals surface area contributed by atoms with Gasteiger partial charge in [0.2, 0.25) is 0 Å². The Morgan fingerprint density at radius 2 is 2.07 bits per heavy atom. The van der Waals surface area contributed by atoms with Crippen LogP contribution in [0.25, 0.3) is 0 Å². The molecule has 0 spiro atoms. The van der Waals surface area contributed by atoms with Gasteiger partial charge in [-0.2, -0.15) is 0 Å². The van der Waals surface area contributed by atoms with Gasteiger partial charge in [0.15, 0.2) is 0 Å². The van der Waals surface area contributed by atoms with Crippen molar-refractivity contribution < 1.29 is 8.78 Å². The van der Waals surface area contributed by atoms with E-state index in [1.807, 2.05) is 0 Å². The topological polar surface area (TPSA) is 26.0 Å². The minimum Gasteiger partial charge on any atom is -0.324 e. The van der Waals surface area contributed by atoms with E-state index in [4.69, 9.17) is 5.73 Å². The van der Waals surface area contributed by atoms with Crippen LogP contribution in [0.15, 0.2) is 22.7 Å². The maximum absolute atomic E-state index is 12.8. The third-order valence-corrected chi connectivity index (χ3v) is 2.40. The van der Waals surface area contributed by atoms with Crippen molar-refractivity contribution in [3.05, 3.63) is 34.1 Å². The SMILES string of the molecule is Cl.N[C@@H](CCF)c1ccc(F)c(Br)c1. The van der Waals surface area contributed by atoms with Gasteiger partial charge in [-0.25, -0.2) is 4.39 Å². The van der Waals surface area contributed by atoms with E-state index in [1.54, 1.807) is 12.1 Å². The van der Waals surface area contributed by atoms with Crippen LogP contribution < -0.4 is 5.73 Å². The quantitative estimate of drug-likeness (QED) is 0.906. The molecule has 2 N–H and O–H groups in total. The van der Waals surface area contributed by atoms with Gasteiger partial charge >= 0.3 is 0 Å². The predicted octanol–water partition coefficient (Wildman–Crippen LogP) is 3.37. The first-order valence-corrected chi connectivity index (χ1v) is 4.71. The van der Waals surface area contributed by atoms with Crippen molar-refractivity contribution >= 4 is 28.3 Å². The number of nitrogens with two attached hydrogens (primary N) is 1. The summed E-state index contributed by atoms with van der Waals surface area (Å²) in [6.07, 6.45) is 0.262. The Morgan fingerprint density at radius 1 is 1.43 bits per heavy atom. The zero-order valence-electron chi connectivity index (χ0n) is 7.34. The van der Waals surface area contributed by atoms with E-state index in [-0.39, 0.29) is 30.7 Å². The molecule has 0 bridgehead atoms. The zero-order chi connectivity index (χ0) is 9.84. The first-order valence-electron chi connectivity index (χ1n) is 3.91. The molecule has 1 aromatic rings. The molecule has 1 rings (SSSR count). The van der Waals surface area contributed by atoms with Crippen molar-refractivity contribution in [3.63, 3.8) is 0 Å². The minimum absolute atomic E-state index is 0. The lowest BCUT2D eigenvalue weighted by Crippen LogP contribution is -2.10. The van der Waals surface area contributed by atoms with Crippen LogP contribution in [0.1, 0.15) is 18.0 Å². The van der Waals surface area contributed by atoms with Gasteiger partial charge in [0, 0.05) is 6.04 Å². The first kappa shape index (κ1) is 13.8. The Kier molecular flexibility index (Phi) is 6.24. The molecule has 0 heterocycles. The number of rotatable bonds is 3. The fraction of sp³-hybridized carbons (Fsp3) is 0.333. The largest absolute Gasteiger partial charge is 0.324 e. The molecule has 0 aromatic heterocycles. The summed E-state index contributed by atoms with van der Waals surface area (Å²) in [7, 11) is 0. The first-order chi connectivity index (χ1) is 6.15. The predicted molar refractivity (Wildman–Crippen MR) is 58.9 cm³/mol. The third-order valence-electron chi connectivity index (χ3n) is 1.79. The summed E-state index contributed by atoms with van der Waals surface area (Å²) in [5, 5.41) is 0. The number of benzene rings is 1. The maximum atomic E-state index is 12.8. The highest BCUT2D eigenvalue weighted by Gasteiger charge is 2.07. The zero-order valence-corrected chi connectivity index (χ0v) is 9.75. The molecule has 0 radical (unpaired) electrons. The van der Waals surface area contributed by atoms with E-state index >= 15 is 0 Å². The Hall–Kier alpha value is -0.190. The van der Waals surface area contributed by atoms with Crippen LogP contribution in [0.5, 0.6) is 0 Å². The molecule has 0 aliphatic heterocycles. The molecule has 1 aromatic carbocycles. The van der Waals surface area contributed by atoms with Crippen molar-refractivity contribution in [3.8, 4) is 0 Å². The van der Waals surface area contributed by atoms with Gasteiger partial charge in [-0.1, -0.05) is 6.07 Å². The van der Waals surface area contributed by atoms with E-state index in [1.165, 1.54) is 6.07 Å². The van der Waals surface area contributed by atoms with E-state index in [0.717, 1.165) is 5.56 Å². The standard InChI is InChI=1S/C9H10BrF2N.ClH/c10-7-5-6(1-2-8(7)12)9(13)3-4-11;/h1-2,5,9H,3-4,13H2;1H/t9-;/m0./s1. The molecule has 0 unspecified atom stereocenters. The molecule has 80 valence electrons. The van der Waals surface area contributed by atoms with Gasteiger partial charge in [-0.05, 0) is 40.0 Å². The molecule has 0 amide bonds. The highest BCUT2D eigenvalue weighted by atomic mass is 79.9. The molecule has 1 atom stereocenters. The lowest BCUT2D eigenvalue weighted by Gasteiger charge is -2.09. The molecular weight excluding hydrogens is 275 g/mol. The maximum Gasteiger partial charge on any atom is 0.137 e. The van der Waals surface area contributed by atoms with Crippen molar-refractivity contribution in [2.24, 2.45) is 5.73 Å². The molecule has 0 aliphatic carbocycles. The van der Waals surface area contributed by atoms with Crippen molar-refractivity contribution in [1.29, 1.82) is 0 Å². The van der Waals surface area contributed by atoms with E-state index in [2.05, 4.69) is 15.9 Å². The van der Waals surface area contributed by atoms with Gasteiger partial charge in [0.25, 0.3) is 0 Å². The van der Waals surface area contributed by atoms with Crippen LogP contribution in [-0.2, 0) is 0 Å². The number of alkyl halides is 1. The second kappa shape index (κ2) is 6.32. The average molecular weight is 287 g/mol. The summed E-state index contributed by atoms with van der Waals surface area (Å²) in [4.78, 5) is 0. The Balaban J connectivity index is 0.00000169. The second-order valence-electron chi connectivity index (χ2n) is 2.76. The lowest BCUT2D eigenvalue weighted by atomic mass is 10.1. The summed E-state index contributed by atoms with van der Waals surface area (Å²) in [5.74, 6) is -0.337. The fourth-order valence-corrected chi connectivity index (χ4v) is 1.42. The Bertz CT molecular complexity index is 296. The van der Waals surface area contributed by atoms with Crippen LogP contribution in [0, 0.1) is 5.82 Å². The molecular formula is C9H11BrClF2N. The smallest absolute Gasteiger partial charge is 0.137 e. The van der Waals surface area contributed by atoms with Crippen LogP contribution in [0.2, 0.25) is 0 Å². The average Bonchev–Trinajstić information content (AvgIpc) is 2.10. The molecule has 14 heavy (non-hydrogen) atoms. The summed E-state index contributed by atoms with van der Waals surface area (Å²) in [6, 6.07) is 4.11. The highest BCUT2D eigenvalue weighted by molar-refractivity contribution is 9.10. The van der Waals surface area contributed by atoms with E-state index in [0.29, 0.717) is 4.47 Å². The van der Waals surface area contributed by atoms with Gasteiger partial charge in [-0.15, -0.1) is 12.4 Å². The van der Waals surface area contributed by atoms with Crippen LogP contribution in [0.4, 0.5) is 8.78 Å². The highest BCUT2D eigenvalue weighted by Crippen LogP contribution is 2.21. The van der Waals surface area contributed by atoms with E-state index < -0.39 is 6.67 Å². The van der Waals surface area contributed by atoms with Gasteiger partial charge in [-0.3, -0.25) is 4.39 Å². The molecule has 0 saturated carbocycles.